The Labute approximate surface area is 98.4 Å². The number of nitrogens with one attached hydrogen (secondary N) is 1. The average molecular weight is 231 g/mol. The van der Waals surface area contributed by atoms with Crippen molar-refractivity contribution in [2.24, 2.45) is 5.92 Å². The summed E-state index contributed by atoms with van der Waals surface area (Å²) in [7, 11) is 0. The van der Waals surface area contributed by atoms with Crippen molar-refractivity contribution in [2.45, 2.75) is 46.1 Å². The second-order valence-corrected chi connectivity index (χ2v) is 4.78. The minimum atomic E-state index is -0.823. The minimum absolute atomic E-state index is 0.515. The molecule has 16 heavy (non-hydrogen) atoms. The monoisotopic (exact) mass is 231 g/mol. The smallest absolute Gasteiger partial charge is 0.323 e. The maximum atomic E-state index is 11.1. The third kappa shape index (κ3) is 6.08. The lowest BCUT2D eigenvalue weighted by molar-refractivity contribution is -0.144. The molecule has 1 atom stereocenters. The predicted molar refractivity (Wildman–Crippen MR) is 64.6 cm³/mol. The van der Waals surface area contributed by atoms with Crippen LogP contribution in [0.4, 0.5) is 0 Å². The number of carboxylic acid groups (broad SMARTS) is 1. The fourth-order valence-corrected chi connectivity index (χ4v) is 1.49. The van der Waals surface area contributed by atoms with E-state index in [2.05, 4.69) is 19.2 Å². The summed E-state index contributed by atoms with van der Waals surface area (Å²) in [5, 5.41) is 12.2. The molecule has 0 aromatic heterocycles. The third-order valence-electron chi connectivity index (χ3n) is 2.43. The van der Waals surface area contributed by atoms with Gasteiger partial charge in [-0.25, -0.2) is 0 Å². The minimum Gasteiger partial charge on any atom is -0.480 e. The van der Waals surface area contributed by atoms with E-state index in [1.54, 1.807) is 6.92 Å². The lowest BCUT2D eigenvalue weighted by Crippen LogP contribution is -2.50. The van der Waals surface area contributed by atoms with Crippen molar-refractivity contribution < 1.29 is 14.6 Å². The zero-order valence-corrected chi connectivity index (χ0v) is 10.9. The largest absolute Gasteiger partial charge is 0.480 e. The van der Waals surface area contributed by atoms with Crippen LogP contribution < -0.4 is 5.32 Å². The highest BCUT2D eigenvalue weighted by atomic mass is 16.5. The van der Waals surface area contributed by atoms with Crippen molar-refractivity contribution in [1.82, 2.24) is 5.32 Å². The highest BCUT2D eigenvalue weighted by Gasteiger charge is 2.30. The molecular weight excluding hydrogens is 206 g/mol. The molecule has 0 saturated heterocycles. The van der Waals surface area contributed by atoms with E-state index >= 15 is 0 Å². The molecule has 0 radical (unpaired) electrons. The lowest BCUT2D eigenvalue weighted by Gasteiger charge is -2.25. The molecule has 0 aliphatic heterocycles. The molecule has 0 bridgehead atoms. The number of carboxylic acids is 1. The first-order valence-corrected chi connectivity index (χ1v) is 5.98. The van der Waals surface area contributed by atoms with Gasteiger partial charge in [-0.05, 0) is 19.3 Å². The molecular formula is C12H25NO3. The van der Waals surface area contributed by atoms with Crippen LogP contribution in [-0.2, 0) is 9.53 Å². The van der Waals surface area contributed by atoms with E-state index in [4.69, 9.17) is 9.84 Å². The summed E-state index contributed by atoms with van der Waals surface area (Å²) >= 11 is 0. The summed E-state index contributed by atoms with van der Waals surface area (Å²) in [6.45, 7) is 9.75. The maximum Gasteiger partial charge on any atom is 0.323 e. The van der Waals surface area contributed by atoms with Crippen LogP contribution in [0.2, 0.25) is 0 Å². The van der Waals surface area contributed by atoms with Gasteiger partial charge in [0.25, 0.3) is 0 Å². The second-order valence-electron chi connectivity index (χ2n) is 4.78. The molecule has 0 aliphatic rings. The molecule has 0 rings (SSSR count). The van der Waals surface area contributed by atoms with Gasteiger partial charge in [-0.1, -0.05) is 27.2 Å². The first-order valence-electron chi connectivity index (χ1n) is 5.98. The van der Waals surface area contributed by atoms with E-state index in [0.717, 1.165) is 13.0 Å². The van der Waals surface area contributed by atoms with E-state index in [1.807, 2.05) is 6.92 Å². The SMILES string of the molecule is CCCC(C)(NCCOCC(C)C)C(=O)O. The fourth-order valence-electron chi connectivity index (χ4n) is 1.49. The Bertz CT molecular complexity index is 206. The summed E-state index contributed by atoms with van der Waals surface area (Å²) in [5.74, 6) is -0.278. The number of hydrogen-bond acceptors (Lipinski definition) is 3. The van der Waals surface area contributed by atoms with Crippen molar-refractivity contribution in [3.8, 4) is 0 Å². The van der Waals surface area contributed by atoms with Crippen molar-refractivity contribution >= 4 is 5.97 Å². The highest BCUT2D eigenvalue weighted by molar-refractivity contribution is 5.78. The van der Waals surface area contributed by atoms with E-state index in [0.29, 0.717) is 25.5 Å². The van der Waals surface area contributed by atoms with Crippen molar-refractivity contribution in [1.29, 1.82) is 0 Å². The Balaban J connectivity index is 3.81. The number of aliphatic carboxylic acids is 1. The summed E-state index contributed by atoms with van der Waals surface area (Å²) in [4.78, 5) is 11.1. The highest BCUT2D eigenvalue weighted by Crippen LogP contribution is 2.11. The van der Waals surface area contributed by atoms with E-state index < -0.39 is 11.5 Å². The number of hydrogen-bond donors (Lipinski definition) is 2. The van der Waals surface area contributed by atoms with Crippen LogP contribution in [0.3, 0.4) is 0 Å². The Hall–Kier alpha value is -0.610. The molecule has 0 aromatic rings. The van der Waals surface area contributed by atoms with E-state index in [9.17, 15) is 4.79 Å². The number of rotatable bonds is 9. The van der Waals surface area contributed by atoms with Gasteiger partial charge in [0, 0.05) is 13.2 Å². The molecule has 0 amide bonds. The van der Waals surface area contributed by atoms with Crippen LogP contribution in [-0.4, -0.2) is 36.4 Å². The molecule has 0 heterocycles. The average Bonchev–Trinajstić information content (AvgIpc) is 2.17. The maximum absolute atomic E-state index is 11.1. The molecule has 2 N–H and O–H groups in total. The van der Waals surface area contributed by atoms with Crippen LogP contribution in [0.15, 0.2) is 0 Å². The Morgan fingerprint density at radius 2 is 2.12 bits per heavy atom. The van der Waals surface area contributed by atoms with Gasteiger partial charge in [-0.15, -0.1) is 0 Å². The van der Waals surface area contributed by atoms with Gasteiger partial charge in [0.15, 0.2) is 0 Å². The van der Waals surface area contributed by atoms with Crippen LogP contribution in [0.5, 0.6) is 0 Å². The summed E-state index contributed by atoms with van der Waals surface area (Å²) < 4.78 is 5.39. The van der Waals surface area contributed by atoms with E-state index in [1.165, 1.54) is 0 Å². The van der Waals surface area contributed by atoms with Crippen molar-refractivity contribution in [2.75, 3.05) is 19.8 Å². The van der Waals surface area contributed by atoms with Gasteiger partial charge < -0.3 is 9.84 Å². The third-order valence-corrected chi connectivity index (χ3v) is 2.43. The molecule has 0 aliphatic carbocycles. The first kappa shape index (κ1) is 15.4. The molecule has 96 valence electrons. The molecule has 0 fully saturated rings. The van der Waals surface area contributed by atoms with Gasteiger partial charge in [0.2, 0.25) is 0 Å². The van der Waals surface area contributed by atoms with Crippen LogP contribution in [0.25, 0.3) is 0 Å². The number of carbonyl (C=O) groups is 1. The molecule has 4 nitrogen and oxygen atoms in total. The summed E-state index contributed by atoms with van der Waals surface area (Å²) in [5.41, 5.74) is -0.823. The van der Waals surface area contributed by atoms with Gasteiger partial charge in [0.05, 0.1) is 6.61 Å². The van der Waals surface area contributed by atoms with E-state index in [-0.39, 0.29) is 0 Å². The van der Waals surface area contributed by atoms with Gasteiger partial charge in [-0.3, -0.25) is 10.1 Å². The molecule has 4 heteroatoms. The van der Waals surface area contributed by atoms with Crippen molar-refractivity contribution in [3.63, 3.8) is 0 Å². The van der Waals surface area contributed by atoms with Crippen LogP contribution in [0, 0.1) is 5.92 Å². The van der Waals surface area contributed by atoms with Crippen LogP contribution >= 0.6 is 0 Å². The van der Waals surface area contributed by atoms with Gasteiger partial charge >= 0.3 is 5.97 Å². The first-order chi connectivity index (χ1) is 7.42. The van der Waals surface area contributed by atoms with Gasteiger partial charge in [0.1, 0.15) is 5.54 Å². The second kappa shape index (κ2) is 7.63. The zero-order chi connectivity index (χ0) is 12.6. The normalized spacial score (nSPS) is 15.1. The van der Waals surface area contributed by atoms with Crippen molar-refractivity contribution in [3.05, 3.63) is 0 Å². The van der Waals surface area contributed by atoms with Crippen LogP contribution in [0.1, 0.15) is 40.5 Å². The standard InChI is InChI=1S/C12H25NO3/c1-5-6-12(4,11(14)15)13-7-8-16-9-10(2)3/h10,13H,5-9H2,1-4H3,(H,14,15). The lowest BCUT2D eigenvalue weighted by atomic mass is 9.96. The fraction of sp³-hybridized carbons (Fsp3) is 0.917. The molecule has 0 aromatic carbocycles. The Morgan fingerprint density at radius 1 is 1.50 bits per heavy atom. The number of ether oxygens (including phenoxy) is 1. The Morgan fingerprint density at radius 3 is 2.56 bits per heavy atom. The molecule has 0 saturated carbocycles. The molecule has 1 unspecified atom stereocenters. The van der Waals surface area contributed by atoms with Gasteiger partial charge in [-0.2, -0.15) is 0 Å². The zero-order valence-electron chi connectivity index (χ0n) is 10.9. The topological polar surface area (TPSA) is 58.6 Å². The summed E-state index contributed by atoms with van der Waals surface area (Å²) in [6.07, 6.45) is 1.48. The Kier molecular flexibility index (Phi) is 7.34. The summed E-state index contributed by atoms with van der Waals surface area (Å²) in [6, 6.07) is 0. The molecule has 0 spiro atoms. The predicted octanol–water partition coefficient (Wildman–Crippen LogP) is 1.89. The quantitative estimate of drug-likeness (QED) is 0.595.